The Kier molecular flexibility index (Phi) is 2.64. The second-order valence-electron chi connectivity index (χ2n) is 4.10. The molecule has 4 heteroatoms. The van der Waals surface area contributed by atoms with Gasteiger partial charge in [-0.3, -0.25) is 4.98 Å². The van der Waals surface area contributed by atoms with E-state index in [1.807, 2.05) is 24.3 Å². The second kappa shape index (κ2) is 4.74. The van der Waals surface area contributed by atoms with Crippen LogP contribution >= 0.6 is 0 Å². The van der Waals surface area contributed by atoms with Crippen LogP contribution in [0.2, 0.25) is 0 Å². The van der Waals surface area contributed by atoms with Crippen molar-refractivity contribution >= 4 is 11.0 Å². The zero-order chi connectivity index (χ0) is 13.9. The van der Waals surface area contributed by atoms with Crippen LogP contribution in [0.25, 0.3) is 22.2 Å². The number of benzene rings is 1. The molecular weight excluding hydrogens is 240 g/mol. The van der Waals surface area contributed by atoms with E-state index in [0.717, 1.165) is 16.6 Å². The summed E-state index contributed by atoms with van der Waals surface area (Å²) in [5, 5.41) is 0.890. The molecule has 95 valence electrons. The minimum Gasteiger partial charge on any atom is -0.493 e. The molecule has 1 radical (unpaired) electrons. The third-order valence-electron chi connectivity index (χ3n) is 2.90. The van der Waals surface area contributed by atoms with E-state index in [9.17, 15) is 0 Å². The van der Waals surface area contributed by atoms with E-state index in [4.69, 9.17) is 16.3 Å². The van der Waals surface area contributed by atoms with Crippen molar-refractivity contribution in [1.29, 1.82) is 0 Å². The van der Waals surface area contributed by atoms with Crippen LogP contribution in [0.1, 0.15) is 7.13 Å². The number of methoxy groups -OCH3 is 1. The Morgan fingerprint density at radius 2 is 2.42 bits per heavy atom. The van der Waals surface area contributed by atoms with Crippen LogP contribution < -0.4 is 10.5 Å². The summed E-state index contributed by atoms with van der Waals surface area (Å²) in [6.07, 6.45) is 1.62. The molecule has 0 aliphatic carbocycles. The first-order chi connectivity index (χ1) is 9.81. The van der Waals surface area contributed by atoms with E-state index in [1.165, 1.54) is 0 Å². The molecule has 2 aromatic heterocycles. The van der Waals surface area contributed by atoms with Crippen molar-refractivity contribution < 1.29 is 10.5 Å². The Bertz CT molecular complexity index is 725. The molecule has 3 aromatic rings. The van der Waals surface area contributed by atoms with Crippen molar-refractivity contribution in [1.82, 2.24) is 4.98 Å². The first kappa shape index (κ1) is 10.6. The number of ether oxygens (including phenoxy) is 1. The van der Waals surface area contributed by atoms with Gasteiger partial charge < -0.3 is 14.9 Å². The van der Waals surface area contributed by atoms with Gasteiger partial charge in [0, 0.05) is 23.2 Å². The lowest BCUT2D eigenvalue weighted by Gasteiger charge is -2.05. The molecule has 3 rings (SSSR count). The number of nitrogens with two attached hydrogens (primary N) is 1. The number of nitrogens with zero attached hydrogens (tertiary/aromatic N) is 1. The monoisotopic (exact) mass is 255 g/mol. The summed E-state index contributed by atoms with van der Waals surface area (Å²) < 4.78 is 18.2. The van der Waals surface area contributed by atoms with Gasteiger partial charge in [0.1, 0.15) is 5.76 Å². The Hall–Kier alpha value is -2.33. The van der Waals surface area contributed by atoms with E-state index in [2.05, 4.69) is 11.1 Å². The summed E-state index contributed by atoms with van der Waals surface area (Å²) >= 11 is 0. The molecule has 2 heterocycles. The Labute approximate surface area is 112 Å². The van der Waals surface area contributed by atoms with E-state index in [0.29, 0.717) is 23.6 Å². The molecule has 0 atom stereocenters. The van der Waals surface area contributed by atoms with Gasteiger partial charge in [0.05, 0.1) is 20.7 Å². The number of hydrogen-bond donors (Lipinski definition) is 1. The van der Waals surface area contributed by atoms with E-state index in [1.54, 1.807) is 12.3 Å². The van der Waals surface area contributed by atoms with Gasteiger partial charge in [-0.1, -0.05) is 6.07 Å². The highest BCUT2D eigenvalue weighted by Gasteiger charge is 2.11. The number of aromatic nitrogens is 1. The minimum absolute atomic E-state index is 0.173. The molecule has 0 amide bonds. The Morgan fingerprint density at radius 3 is 3.16 bits per heavy atom. The van der Waals surface area contributed by atoms with E-state index < -0.39 is 0 Å². The van der Waals surface area contributed by atoms with Crippen molar-refractivity contribution in [3.05, 3.63) is 48.4 Å². The standard InChI is InChI=1S/C15H13N2O2/c1-18-14-8-10(13-4-2-3-5-17-13)6-11-7-12(9-16)19-15(11)14/h2,4-8H,9,16H2,1H3/i1T. The van der Waals surface area contributed by atoms with Gasteiger partial charge in [0.15, 0.2) is 11.3 Å². The fraction of sp³-hybridized carbons (Fsp3) is 0.133. The van der Waals surface area contributed by atoms with Crippen LogP contribution in [0.3, 0.4) is 0 Å². The number of hydrogen-bond acceptors (Lipinski definition) is 4. The van der Waals surface area contributed by atoms with Gasteiger partial charge in [-0.05, 0) is 24.3 Å². The average molecular weight is 255 g/mol. The summed E-state index contributed by atoms with van der Waals surface area (Å²) in [5.74, 6) is 1.21. The summed E-state index contributed by atoms with van der Waals surface area (Å²) in [6.45, 7) is 0.322. The molecule has 0 unspecified atom stereocenters. The third-order valence-corrected chi connectivity index (χ3v) is 2.90. The second-order valence-corrected chi connectivity index (χ2v) is 4.10. The lowest BCUT2D eigenvalue weighted by atomic mass is 10.1. The molecule has 0 saturated carbocycles. The maximum atomic E-state index is 7.23. The maximum Gasteiger partial charge on any atom is 0.176 e. The zero-order valence-corrected chi connectivity index (χ0v) is 10.2. The summed E-state index contributed by atoms with van der Waals surface area (Å²) in [7, 11) is -0.173. The van der Waals surface area contributed by atoms with Crippen LogP contribution in [-0.2, 0) is 6.54 Å². The Balaban J connectivity index is 2.19. The highest BCUT2D eigenvalue weighted by molar-refractivity contribution is 5.88. The van der Waals surface area contributed by atoms with Gasteiger partial charge in [0.25, 0.3) is 0 Å². The van der Waals surface area contributed by atoms with Crippen molar-refractivity contribution in [2.75, 3.05) is 7.09 Å². The van der Waals surface area contributed by atoms with Crippen LogP contribution in [-0.4, -0.2) is 12.1 Å². The molecule has 0 aliphatic heterocycles. The number of fused-ring (bicyclic) bond motifs is 1. The number of rotatable bonds is 3. The number of furan rings is 1. The summed E-state index contributed by atoms with van der Waals surface area (Å²) in [6, 6.07) is 12.2. The van der Waals surface area contributed by atoms with E-state index >= 15 is 0 Å². The molecule has 4 nitrogen and oxygen atoms in total. The van der Waals surface area contributed by atoms with Gasteiger partial charge in [-0.25, -0.2) is 0 Å². The predicted molar refractivity (Wildman–Crippen MR) is 72.7 cm³/mol. The molecule has 0 saturated heterocycles. The summed E-state index contributed by atoms with van der Waals surface area (Å²) in [4.78, 5) is 4.27. The SMILES string of the molecule is [3H]COc1cc(-c2cc[c]cn2)cc2cc(CN)oc12. The molecule has 0 spiro atoms. The molecule has 0 fully saturated rings. The fourth-order valence-corrected chi connectivity index (χ4v) is 2.02. The van der Waals surface area contributed by atoms with Gasteiger partial charge in [0.2, 0.25) is 0 Å². The largest absolute Gasteiger partial charge is 0.493 e. The first-order valence-corrected chi connectivity index (χ1v) is 5.83. The zero-order valence-electron chi connectivity index (χ0n) is 11.2. The fourth-order valence-electron chi connectivity index (χ4n) is 2.02. The first-order valence-electron chi connectivity index (χ1n) is 6.53. The summed E-state index contributed by atoms with van der Waals surface area (Å²) in [5.41, 5.74) is 7.93. The van der Waals surface area contributed by atoms with Gasteiger partial charge in [-0.15, -0.1) is 0 Å². The molecule has 19 heavy (non-hydrogen) atoms. The highest BCUT2D eigenvalue weighted by atomic mass is 16.5. The van der Waals surface area contributed by atoms with Gasteiger partial charge in [-0.2, -0.15) is 0 Å². The lowest BCUT2D eigenvalue weighted by molar-refractivity contribution is 0.408. The van der Waals surface area contributed by atoms with Gasteiger partial charge >= 0.3 is 0 Å². The molecule has 2 N–H and O–H groups in total. The number of pyridine rings is 1. The van der Waals surface area contributed by atoms with Crippen molar-refractivity contribution in [2.45, 2.75) is 6.54 Å². The highest BCUT2D eigenvalue weighted by Crippen LogP contribution is 2.33. The predicted octanol–water partition coefficient (Wildman–Crippen LogP) is 2.76. The van der Waals surface area contributed by atoms with Crippen LogP contribution in [0, 0.1) is 6.07 Å². The molecule has 1 aromatic carbocycles. The van der Waals surface area contributed by atoms with E-state index in [-0.39, 0.29) is 7.09 Å². The van der Waals surface area contributed by atoms with Crippen molar-refractivity contribution in [3.63, 3.8) is 0 Å². The smallest absolute Gasteiger partial charge is 0.176 e. The maximum absolute atomic E-state index is 7.23. The molecule has 0 bridgehead atoms. The van der Waals surface area contributed by atoms with Crippen molar-refractivity contribution in [3.8, 4) is 17.0 Å². The molecular formula is C15H13N2O2. The van der Waals surface area contributed by atoms with Crippen LogP contribution in [0.5, 0.6) is 5.75 Å². The Morgan fingerprint density at radius 1 is 1.47 bits per heavy atom. The normalized spacial score (nSPS) is 11.5. The van der Waals surface area contributed by atoms with Crippen LogP contribution in [0.15, 0.2) is 40.9 Å². The average Bonchev–Trinajstić information content (AvgIpc) is 2.92. The lowest BCUT2D eigenvalue weighted by Crippen LogP contribution is -1.92. The topological polar surface area (TPSA) is 61.3 Å². The van der Waals surface area contributed by atoms with Crippen molar-refractivity contribution in [2.24, 2.45) is 5.73 Å². The quantitative estimate of drug-likeness (QED) is 0.781. The minimum atomic E-state index is -0.173. The third kappa shape index (κ3) is 2.06. The van der Waals surface area contributed by atoms with Crippen LogP contribution in [0.4, 0.5) is 0 Å². The molecule has 0 aliphatic rings.